The van der Waals surface area contributed by atoms with E-state index in [9.17, 15) is 4.79 Å². The highest BCUT2D eigenvalue weighted by molar-refractivity contribution is 5.85. The largest absolute Gasteiger partial charge is 0.497 e. The monoisotopic (exact) mass is 328 g/mol. The molecule has 0 radical (unpaired) electrons. The third-order valence-corrected chi connectivity index (χ3v) is 4.11. The van der Waals surface area contributed by atoms with Crippen LogP contribution in [0.3, 0.4) is 0 Å². The van der Waals surface area contributed by atoms with Crippen molar-refractivity contribution < 1.29 is 14.3 Å². The molecule has 1 saturated carbocycles. The molecule has 1 aromatic carbocycles. The van der Waals surface area contributed by atoms with Crippen LogP contribution in [-0.4, -0.2) is 26.2 Å². The Morgan fingerprint density at radius 2 is 2.05 bits per heavy atom. The molecule has 2 rings (SSSR count). The zero-order chi connectivity index (χ0) is 15.4. The summed E-state index contributed by atoms with van der Waals surface area (Å²) in [6.45, 7) is 1.95. The maximum atomic E-state index is 12.3. The lowest BCUT2D eigenvalue weighted by molar-refractivity contribution is -0.125. The number of hydrogen-bond donors (Lipinski definition) is 2. The van der Waals surface area contributed by atoms with E-state index in [1.54, 1.807) is 14.2 Å². The van der Waals surface area contributed by atoms with Crippen molar-refractivity contribution in [2.24, 2.45) is 11.7 Å². The van der Waals surface area contributed by atoms with Crippen molar-refractivity contribution in [3.63, 3.8) is 0 Å². The lowest BCUT2D eigenvalue weighted by Gasteiger charge is -2.20. The fraction of sp³-hybridized carbons (Fsp3) is 0.562. The lowest BCUT2D eigenvalue weighted by Crippen LogP contribution is -2.32. The predicted molar refractivity (Wildman–Crippen MR) is 88.7 cm³/mol. The molecule has 1 fully saturated rings. The highest BCUT2D eigenvalue weighted by Gasteiger charge is 2.29. The Morgan fingerprint density at radius 3 is 2.59 bits per heavy atom. The van der Waals surface area contributed by atoms with Gasteiger partial charge in [0.15, 0.2) is 0 Å². The molecule has 1 amide bonds. The molecule has 0 saturated heterocycles. The Hall–Kier alpha value is -1.46. The highest BCUT2D eigenvalue weighted by atomic mass is 35.5. The van der Waals surface area contributed by atoms with Gasteiger partial charge in [0.2, 0.25) is 5.91 Å². The molecule has 1 aromatic rings. The average molecular weight is 329 g/mol. The first kappa shape index (κ1) is 18.6. The summed E-state index contributed by atoms with van der Waals surface area (Å²) in [5, 5.41) is 3.05. The minimum atomic E-state index is -0.139. The van der Waals surface area contributed by atoms with Crippen LogP contribution in [0.5, 0.6) is 11.5 Å². The van der Waals surface area contributed by atoms with E-state index in [0.717, 1.165) is 36.3 Å². The van der Waals surface area contributed by atoms with Crippen LogP contribution in [0, 0.1) is 5.92 Å². The van der Waals surface area contributed by atoms with Crippen LogP contribution in [0.4, 0.5) is 0 Å². The molecular formula is C16H25ClN2O3. The van der Waals surface area contributed by atoms with Crippen molar-refractivity contribution in [3.05, 3.63) is 23.8 Å². The van der Waals surface area contributed by atoms with Crippen LogP contribution in [0.15, 0.2) is 18.2 Å². The molecule has 0 bridgehead atoms. The van der Waals surface area contributed by atoms with E-state index in [-0.39, 0.29) is 36.3 Å². The third kappa shape index (κ3) is 4.27. The number of benzene rings is 1. The summed E-state index contributed by atoms with van der Waals surface area (Å²) in [6, 6.07) is 5.60. The molecule has 124 valence electrons. The fourth-order valence-corrected chi connectivity index (χ4v) is 2.84. The Labute approximate surface area is 138 Å². The quantitative estimate of drug-likeness (QED) is 0.870. The summed E-state index contributed by atoms with van der Waals surface area (Å²) < 4.78 is 10.6. The first-order valence-corrected chi connectivity index (χ1v) is 7.33. The molecule has 3 N–H and O–H groups in total. The molecule has 0 spiro atoms. The van der Waals surface area contributed by atoms with E-state index in [4.69, 9.17) is 15.2 Å². The summed E-state index contributed by atoms with van der Waals surface area (Å²) in [6.07, 6.45) is 2.57. The van der Waals surface area contributed by atoms with E-state index in [1.165, 1.54) is 0 Å². The second-order valence-electron chi connectivity index (χ2n) is 5.61. The number of hydrogen-bond acceptors (Lipinski definition) is 4. The van der Waals surface area contributed by atoms with Gasteiger partial charge in [-0.3, -0.25) is 4.79 Å². The maximum Gasteiger partial charge on any atom is 0.223 e. The zero-order valence-electron chi connectivity index (χ0n) is 13.3. The number of halogens is 1. The zero-order valence-corrected chi connectivity index (χ0v) is 14.1. The Balaban J connectivity index is 0.00000242. The van der Waals surface area contributed by atoms with E-state index in [2.05, 4.69) is 5.32 Å². The third-order valence-electron chi connectivity index (χ3n) is 4.11. The number of nitrogens with two attached hydrogens (primary N) is 1. The van der Waals surface area contributed by atoms with Crippen LogP contribution in [0.2, 0.25) is 0 Å². The molecule has 5 nitrogen and oxygen atoms in total. The minimum Gasteiger partial charge on any atom is -0.497 e. The van der Waals surface area contributed by atoms with Crippen LogP contribution in [-0.2, 0) is 4.79 Å². The number of amides is 1. The predicted octanol–water partition coefficient (Wildman–Crippen LogP) is 2.43. The van der Waals surface area contributed by atoms with Crippen molar-refractivity contribution in [3.8, 4) is 11.5 Å². The Bertz CT molecular complexity index is 510. The first-order chi connectivity index (χ1) is 10.0. The van der Waals surface area contributed by atoms with Gasteiger partial charge in [-0.1, -0.05) is 0 Å². The first-order valence-electron chi connectivity index (χ1n) is 7.33. The van der Waals surface area contributed by atoms with Crippen molar-refractivity contribution in [2.75, 3.05) is 14.2 Å². The molecule has 0 heterocycles. The number of methoxy groups -OCH3 is 2. The van der Waals surface area contributed by atoms with Gasteiger partial charge in [-0.15, -0.1) is 12.4 Å². The second kappa shape index (κ2) is 8.25. The Kier molecular flexibility index (Phi) is 6.97. The summed E-state index contributed by atoms with van der Waals surface area (Å²) in [5.41, 5.74) is 6.78. The fourth-order valence-electron chi connectivity index (χ4n) is 2.84. The van der Waals surface area contributed by atoms with Crippen molar-refractivity contribution in [1.29, 1.82) is 0 Å². The molecule has 0 aliphatic heterocycles. The SMILES string of the molecule is COc1ccc(OC)c(C(C)NC(=O)C2CCC(N)C2)c1.Cl. The summed E-state index contributed by atoms with van der Waals surface area (Å²) in [5.74, 6) is 1.58. The lowest BCUT2D eigenvalue weighted by atomic mass is 10.0. The van der Waals surface area contributed by atoms with E-state index in [0.29, 0.717) is 0 Å². The van der Waals surface area contributed by atoms with E-state index in [1.807, 2.05) is 25.1 Å². The molecular weight excluding hydrogens is 304 g/mol. The van der Waals surface area contributed by atoms with Gasteiger partial charge in [0.25, 0.3) is 0 Å². The normalized spacial score (nSPS) is 21.6. The van der Waals surface area contributed by atoms with E-state index >= 15 is 0 Å². The summed E-state index contributed by atoms with van der Waals surface area (Å²) in [7, 11) is 3.24. The van der Waals surface area contributed by atoms with Crippen LogP contribution in [0.1, 0.15) is 37.8 Å². The molecule has 0 aromatic heterocycles. The number of ether oxygens (including phenoxy) is 2. The van der Waals surface area contributed by atoms with Gasteiger partial charge in [0, 0.05) is 17.5 Å². The smallest absolute Gasteiger partial charge is 0.223 e. The molecule has 1 aliphatic carbocycles. The van der Waals surface area contributed by atoms with Crippen molar-refractivity contribution in [2.45, 2.75) is 38.3 Å². The minimum absolute atomic E-state index is 0. The molecule has 22 heavy (non-hydrogen) atoms. The molecule has 3 unspecified atom stereocenters. The van der Waals surface area contributed by atoms with Gasteiger partial charge < -0.3 is 20.5 Å². The number of rotatable bonds is 5. The van der Waals surface area contributed by atoms with Crippen LogP contribution >= 0.6 is 12.4 Å². The number of nitrogens with one attached hydrogen (secondary N) is 1. The number of carbonyl (C=O) groups is 1. The Morgan fingerprint density at radius 1 is 1.32 bits per heavy atom. The maximum absolute atomic E-state index is 12.3. The number of carbonyl (C=O) groups excluding carboxylic acids is 1. The van der Waals surface area contributed by atoms with Crippen molar-refractivity contribution in [1.82, 2.24) is 5.32 Å². The van der Waals surface area contributed by atoms with Crippen LogP contribution < -0.4 is 20.5 Å². The highest BCUT2D eigenvalue weighted by Crippen LogP contribution is 2.30. The topological polar surface area (TPSA) is 73.6 Å². The summed E-state index contributed by atoms with van der Waals surface area (Å²) in [4.78, 5) is 12.3. The van der Waals surface area contributed by atoms with Crippen LogP contribution in [0.25, 0.3) is 0 Å². The van der Waals surface area contributed by atoms with E-state index < -0.39 is 0 Å². The van der Waals surface area contributed by atoms with Crippen molar-refractivity contribution >= 4 is 18.3 Å². The standard InChI is InChI=1S/C16H24N2O3.ClH/c1-10(18-16(19)11-4-5-12(17)8-11)14-9-13(20-2)6-7-15(14)21-3;/h6-7,9-12H,4-5,8,17H2,1-3H3,(H,18,19);1H. The molecule has 6 heteroatoms. The second-order valence-corrected chi connectivity index (χ2v) is 5.61. The average Bonchev–Trinajstić information content (AvgIpc) is 2.93. The van der Waals surface area contributed by atoms with Gasteiger partial charge in [-0.2, -0.15) is 0 Å². The molecule has 1 aliphatic rings. The van der Waals surface area contributed by atoms with Gasteiger partial charge in [0.05, 0.1) is 20.3 Å². The van der Waals surface area contributed by atoms with Gasteiger partial charge in [0.1, 0.15) is 11.5 Å². The summed E-state index contributed by atoms with van der Waals surface area (Å²) >= 11 is 0. The van der Waals surface area contributed by atoms with Gasteiger partial charge in [-0.25, -0.2) is 0 Å². The molecule has 3 atom stereocenters. The van der Waals surface area contributed by atoms with Gasteiger partial charge in [-0.05, 0) is 44.4 Å². The van der Waals surface area contributed by atoms with Gasteiger partial charge >= 0.3 is 0 Å².